The summed E-state index contributed by atoms with van der Waals surface area (Å²) in [4.78, 5) is 28.0. The summed E-state index contributed by atoms with van der Waals surface area (Å²) in [5.41, 5.74) is 9.54. The first kappa shape index (κ1) is 18.3. The van der Waals surface area contributed by atoms with E-state index in [1.54, 1.807) is 18.2 Å². The maximum atomic E-state index is 13.1. The quantitative estimate of drug-likeness (QED) is 0.860. The molecule has 26 heavy (non-hydrogen) atoms. The van der Waals surface area contributed by atoms with Gasteiger partial charge in [-0.15, -0.1) is 0 Å². The molecule has 1 aliphatic heterocycles. The highest BCUT2D eigenvalue weighted by atomic mass is 16.2. The highest BCUT2D eigenvalue weighted by molar-refractivity contribution is 6.15. The zero-order valence-corrected chi connectivity index (χ0v) is 15.7. The molecule has 1 amide bonds. The van der Waals surface area contributed by atoms with Crippen LogP contribution in [0.3, 0.4) is 0 Å². The van der Waals surface area contributed by atoms with Gasteiger partial charge in [0.25, 0.3) is 5.91 Å². The lowest BCUT2D eigenvalue weighted by Gasteiger charge is -2.22. The number of hydrogen-bond donors (Lipinski definition) is 1. The molecule has 2 atom stereocenters. The van der Waals surface area contributed by atoms with Gasteiger partial charge in [-0.3, -0.25) is 9.59 Å². The first-order valence-corrected chi connectivity index (χ1v) is 9.14. The molecule has 0 aliphatic carbocycles. The third-order valence-corrected chi connectivity index (χ3v) is 5.43. The second-order valence-corrected chi connectivity index (χ2v) is 7.32. The van der Waals surface area contributed by atoms with Crippen molar-refractivity contribution < 1.29 is 9.59 Å². The Morgan fingerprint density at radius 2 is 1.77 bits per heavy atom. The van der Waals surface area contributed by atoms with Gasteiger partial charge < -0.3 is 10.6 Å². The number of likely N-dealkylation sites (tertiary alicyclic amines) is 1. The fourth-order valence-electron chi connectivity index (χ4n) is 3.66. The lowest BCUT2D eigenvalue weighted by atomic mass is 9.95. The summed E-state index contributed by atoms with van der Waals surface area (Å²) in [6.07, 6.45) is 0.912. The van der Waals surface area contributed by atoms with E-state index in [4.69, 9.17) is 5.73 Å². The van der Waals surface area contributed by atoms with Crippen molar-refractivity contribution in [3.05, 3.63) is 70.3 Å². The van der Waals surface area contributed by atoms with Crippen LogP contribution in [0.1, 0.15) is 50.8 Å². The van der Waals surface area contributed by atoms with Gasteiger partial charge in [0.05, 0.1) is 5.56 Å². The lowest BCUT2D eigenvalue weighted by Crippen LogP contribution is -2.35. The monoisotopic (exact) mass is 350 g/mol. The van der Waals surface area contributed by atoms with E-state index in [0.717, 1.165) is 17.5 Å². The number of aryl methyl sites for hydroxylation is 2. The molecule has 4 heteroatoms. The van der Waals surface area contributed by atoms with Crippen molar-refractivity contribution in [1.29, 1.82) is 0 Å². The van der Waals surface area contributed by atoms with Gasteiger partial charge in [0, 0.05) is 23.7 Å². The van der Waals surface area contributed by atoms with E-state index in [2.05, 4.69) is 0 Å². The van der Waals surface area contributed by atoms with Crippen molar-refractivity contribution in [2.45, 2.75) is 33.2 Å². The van der Waals surface area contributed by atoms with Crippen LogP contribution in [0.2, 0.25) is 0 Å². The molecule has 3 rings (SSSR count). The summed E-state index contributed by atoms with van der Waals surface area (Å²) in [6.45, 7) is 7.28. The second-order valence-electron chi connectivity index (χ2n) is 7.32. The maximum absolute atomic E-state index is 13.1. The summed E-state index contributed by atoms with van der Waals surface area (Å²) in [5.74, 6) is 0.136. The highest BCUT2D eigenvalue weighted by Crippen LogP contribution is 2.26. The molecule has 0 radical (unpaired) electrons. The molecule has 0 bridgehead atoms. The molecule has 2 N–H and O–H groups in total. The number of ketones is 1. The standard InChI is InChI=1S/C22H26N2O2/c1-14-8-9-18(10-15(14)2)21(25)19-6-4-5-7-20(19)22(26)24-13-17(12-23)11-16(24)3/h4-10,16-17H,11-13,23H2,1-3H3. The first-order valence-electron chi connectivity index (χ1n) is 9.14. The van der Waals surface area contributed by atoms with Crippen LogP contribution in [0.5, 0.6) is 0 Å². The van der Waals surface area contributed by atoms with Gasteiger partial charge in [0.15, 0.2) is 5.78 Å². The van der Waals surface area contributed by atoms with Crippen molar-refractivity contribution in [1.82, 2.24) is 4.90 Å². The number of carbonyl (C=O) groups is 2. The van der Waals surface area contributed by atoms with E-state index in [1.165, 1.54) is 0 Å². The number of amides is 1. The Morgan fingerprint density at radius 1 is 1.08 bits per heavy atom. The molecule has 0 saturated carbocycles. The minimum atomic E-state index is -0.112. The van der Waals surface area contributed by atoms with Crippen LogP contribution in [-0.4, -0.2) is 35.7 Å². The SMILES string of the molecule is Cc1ccc(C(=O)c2ccccc2C(=O)N2CC(CN)CC2C)cc1C. The summed E-state index contributed by atoms with van der Waals surface area (Å²) < 4.78 is 0. The van der Waals surface area contributed by atoms with E-state index in [-0.39, 0.29) is 17.7 Å². The Labute approximate surface area is 155 Å². The average Bonchev–Trinajstić information content (AvgIpc) is 3.03. The molecule has 1 heterocycles. The predicted octanol–water partition coefficient (Wildman–Crippen LogP) is 3.34. The van der Waals surface area contributed by atoms with Crippen molar-refractivity contribution >= 4 is 11.7 Å². The first-order chi connectivity index (χ1) is 12.4. The fraction of sp³-hybridized carbons (Fsp3) is 0.364. The third kappa shape index (κ3) is 3.42. The zero-order valence-electron chi connectivity index (χ0n) is 15.7. The Morgan fingerprint density at radius 3 is 2.38 bits per heavy atom. The Kier molecular flexibility index (Phi) is 5.23. The smallest absolute Gasteiger partial charge is 0.254 e. The van der Waals surface area contributed by atoms with E-state index in [1.807, 2.05) is 49.9 Å². The van der Waals surface area contributed by atoms with Crippen LogP contribution >= 0.6 is 0 Å². The van der Waals surface area contributed by atoms with E-state index in [0.29, 0.717) is 35.7 Å². The van der Waals surface area contributed by atoms with Crippen molar-refractivity contribution in [3.8, 4) is 0 Å². The van der Waals surface area contributed by atoms with Gasteiger partial charge in [0.2, 0.25) is 0 Å². The van der Waals surface area contributed by atoms with Crippen LogP contribution in [0.4, 0.5) is 0 Å². The largest absolute Gasteiger partial charge is 0.336 e. The van der Waals surface area contributed by atoms with E-state index >= 15 is 0 Å². The molecular formula is C22H26N2O2. The Hall–Kier alpha value is -2.46. The molecule has 0 aromatic heterocycles. The highest BCUT2D eigenvalue weighted by Gasteiger charge is 2.33. The molecule has 1 saturated heterocycles. The number of nitrogens with two attached hydrogens (primary N) is 1. The van der Waals surface area contributed by atoms with Crippen LogP contribution < -0.4 is 5.73 Å². The lowest BCUT2D eigenvalue weighted by molar-refractivity contribution is 0.0739. The van der Waals surface area contributed by atoms with Crippen LogP contribution in [0.25, 0.3) is 0 Å². The number of hydrogen-bond acceptors (Lipinski definition) is 3. The molecule has 4 nitrogen and oxygen atoms in total. The summed E-state index contributed by atoms with van der Waals surface area (Å²) in [5, 5.41) is 0. The number of nitrogens with zero attached hydrogens (tertiary/aromatic N) is 1. The van der Waals surface area contributed by atoms with Gasteiger partial charge in [-0.25, -0.2) is 0 Å². The van der Waals surface area contributed by atoms with E-state index in [9.17, 15) is 9.59 Å². The Bertz CT molecular complexity index is 844. The second kappa shape index (κ2) is 7.42. The van der Waals surface area contributed by atoms with Crippen molar-refractivity contribution in [2.75, 3.05) is 13.1 Å². The third-order valence-electron chi connectivity index (χ3n) is 5.43. The summed E-state index contributed by atoms with van der Waals surface area (Å²) in [7, 11) is 0. The fourth-order valence-corrected chi connectivity index (χ4v) is 3.66. The number of benzene rings is 2. The molecule has 136 valence electrons. The maximum Gasteiger partial charge on any atom is 0.254 e. The summed E-state index contributed by atoms with van der Waals surface area (Å²) >= 11 is 0. The van der Waals surface area contributed by atoms with Gasteiger partial charge in [-0.05, 0) is 62.9 Å². The predicted molar refractivity (Wildman–Crippen MR) is 103 cm³/mol. The van der Waals surface area contributed by atoms with Gasteiger partial charge in [-0.1, -0.05) is 30.3 Å². The Balaban J connectivity index is 1.94. The van der Waals surface area contributed by atoms with Gasteiger partial charge in [0.1, 0.15) is 0 Å². The molecule has 1 aliphatic rings. The molecule has 2 unspecified atom stereocenters. The minimum Gasteiger partial charge on any atom is -0.336 e. The molecule has 2 aromatic rings. The minimum absolute atomic E-state index is 0.0822. The van der Waals surface area contributed by atoms with Crippen LogP contribution in [0, 0.1) is 19.8 Å². The number of carbonyl (C=O) groups excluding carboxylic acids is 2. The number of rotatable bonds is 4. The molecule has 2 aromatic carbocycles. The topological polar surface area (TPSA) is 63.4 Å². The van der Waals surface area contributed by atoms with Crippen molar-refractivity contribution in [3.63, 3.8) is 0 Å². The van der Waals surface area contributed by atoms with E-state index < -0.39 is 0 Å². The molecule has 0 spiro atoms. The molecule has 1 fully saturated rings. The van der Waals surface area contributed by atoms with Gasteiger partial charge >= 0.3 is 0 Å². The van der Waals surface area contributed by atoms with Crippen LogP contribution in [-0.2, 0) is 0 Å². The average molecular weight is 350 g/mol. The summed E-state index contributed by atoms with van der Waals surface area (Å²) in [6, 6.07) is 12.9. The van der Waals surface area contributed by atoms with Gasteiger partial charge in [-0.2, -0.15) is 0 Å². The van der Waals surface area contributed by atoms with Crippen LogP contribution in [0.15, 0.2) is 42.5 Å². The normalized spacial score (nSPS) is 19.6. The molecular weight excluding hydrogens is 324 g/mol. The van der Waals surface area contributed by atoms with Crippen molar-refractivity contribution in [2.24, 2.45) is 11.7 Å². The zero-order chi connectivity index (χ0) is 18.8.